The molecule has 0 aliphatic carbocycles. The van der Waals surface area contributed by atoms with Crippen molar-refractivity contribution in [2.24, 2.45) is 0 Å². The second kappa shape index (κ2) is 3.65. The number of hydrogen-bond donors (Lipinski definition) is 3. The van der Waals surface area contributed by atoms with Crippen LogP contribution in [0.5, 0.6) is 0 Å². The van der Waals surface area contributed by atoms with E-state index in [1.165, 1.54) is 0 Å². The first kappa shape index (κ1) is 9.95. The average Bonchev–Trinajstić information content (AvgIpc) is 2.84. The standard InChI is InChI=1S/C11H12N4O2/c12-6-1-2-8-9(3-6)17-11(15-8)14-7-4-10(16)13-5-7/h1-3,7H,4-5,12H2,(H,13,16)(H,14,15). The number of nitrogens with zero attached hydrogens (tertiary/aromatic N) is 1. The molecule has 0 spiro atoms. The van der Waals surface area contributed by atoms with Gasteiger partial charge in [-0.2, -0.15) is 4.98 Å². The van der Waals surface area contributed by atoms with Crippen molar-refractivity contribution in [1.29, 1.82) is 0 Å². The van der Waals surface area contributed by atoms with Gasteiger partial charge in [0, 0.05) is 24.7 Å². The summed E-state index contributed by atoms with van der Waals surface area (Å²) in [5, 5.41) is 5.82. The number of nitrogen functional groups attached to an aromatic ring is 1. The van der Waals surface area contributed by atoms with Gasteiger partial charge in [0.05, 0.1) is 6.04 Å². The fourth-order valence-electron chi connectivity index (χ4n) is 1.88. The summed E-state index contributed by atoms with van der Waals surface area (Å²) < 4.78 is 5.50. The summed E-state index contributed by atoms with van der Waals surface area (Å²) in [6.07, 6.45) is 0.445. The number of carbonyl (C=O) groups is 1. The molecule has 6 heteroatoms. The lowest BCUT2D eigenvalue weighted by Crippen LogP contribution is -2.22. The summed E-state index contributed by atoms with van der Waals surface area (Å²) in [4.78, 5) is 15.3. The number of hydrogen-bond acceptors (Lipinski definition) is 5. The molecule has 0 bridgehead atoms. The zero-order valence-corrected chi connectivity index (χ0v) is 9.06. The van der Waals surface area contributed by atoms with Gasteiger partial charge in [0.2, 0.25) is 5.91 Å². The molecule has 3 rings (SSSR count). The topological polar surface area (TPSA) is 93.2 Å². The van der Waals surface area contributed by atoms with Crippen LogP contribution in [0.3, 0.4) is 0 Å². The lowest BCUT2D eigenvalue weighted by atomic mass is 10.3. The van der Waals surface area contributed by atoms with E-state index in [2.05, 4.69) is 15.6 Å². The minimum Gasteiger partial charge on any atom is -0.423 e. The van der Waals surface area contributed by atoms with Crippen molar-refractivity contribution in [1.82, 2.24) is 10.3 Å². The van der Waals surface area contributed by atoms with Gasteiger partial charge in [-0.1, -0.05) is 0 Å². The van der Waals surface area contributed by atoms with Crippen LogP contribution in [0, 0.1) is 0 Å². The van der Waals surface area contributed by atoms with E-state index in [9.17, 15) is 4.79 Å². The van der Waals surface area contributed by atoms with E-state index in [0.717, 1.165) is 5.52 Å². The number of aromatic nitrogens is 1. The Bertz CT molecular complexity index is 578. The predicted molar refractivity (Wildman–Crippen MR) is 63.5 cm³/mol. The molecule has 2 aromatic rings. The summed E-state index contributed by atoms with van der Waals surface area (Å²) in [5.41, 5.74) is 7.68. The second-order valence-corrected chi connectivity index (χ2v) is 4.10. The predicted octanol–water partition coefficient (Wildman–Crippen LogP) is 0.710. The van der Waals surface area contributed by atoms with Gasteiger partial charge in [-0.15, -0.1) is 0 Å². The van der Waals surface area contributed by atoms with Crippen molar-refractivity contribution >= 4 is 28.7 Å². The maximum atomic E-state index is 11.0. The Morgan fingerprint density at radius 1 is 1.53 bits per heavy atom. The number of oxazole rings is 1. The van der Waals surface area contributed by atoms with Crippen molar-refractivity contribution < 1.29 is 9.21 Å². The van der Waals surface area contributed by atoms with Crippen LogP contribution in [0.2, 0.25) is 0 Å². The first-order chi connectivity index (χ1) is 8.20. The molecule has 1 atom stereocenters. The highest BCUT2D eigenvalue weighted by molar-refractivity contribution is 5.80. The summed E-state index contributed by atoms with van der Waals surface area (Å²) in [6, 6.07) is 5.76. The molecule has 1 aromatic carbocycles. The number of anilines is 2. The van der Waals surface area contributed by atoms with Gasteiger partial charge in [0.1, 0.15) is 5.52 Å². The Hall–Kier alpha value is -2.24. The lowest BCUT2D eigenvalue weighted by Gasteiger charge is -2.06. The third-order valence-electron chi connectivity index (χ3n) is 2.72. The van der Waals surface area contributed by atoms with Gasteiger partial charge in [-0.25, -0.2) is 0 Å². The minimum absolute atomic E-state index is 0.0351. The molecule has 17 heavy (non-hydrogen) atoms. The SMILES string of the molecule is Nc1ccc2nc(NC3CNC(=O)C3)oc2c1. The molecule has 4 N–H and O–H groups in total. The third-order valence-corrected chi connectivity index (χ3v) is 2.72. The Morgan fingerprint density at radius 3 is 3.18 bits per heavy atom. The molecule has 6 nitrogen and oxygen atoms in total. The monoisotopic (exact) mass is 232 g/mol. The maximum Gasteiger partial charge on any atom is 0.295 e. The average molecular weight is 232 g/mol. The van der Waals surface area contributed by atoms with Crippen LogP contribution in [-0.2, 0) is 4.79 Å². The molecule has 1 fully saturated rings. The highest BCUT2D eigenvalue weighted by Crippen LogP contribution is 2.22. The normalized spacial score (nSPS) is 19.5. The van der Waals surface area contributed by atoms with E-state index >= 15 is 0 Å². The van der Waals surface area contributed by atoms with Gasteiger partial charge in [0.25, 0.3) is 6.01 Å². The molecular formula is C11H12N4O2. The fourth-order valence-corrected chi connectivity index (χ4v) is 1.88. The summed E-state index contributed by atoms with van der Waals surface area (Å²) >= 11 is 0. The van der Waals surface area contributed by atoms with Crippen LogP contribution in [0.15, 0.2) is 22.6 Å². The molecular weight excluding hydrogens is 220 g/mol. The van der Waals surface area contributed by atoms with Gasteiger partial charge >= 0.3 is 0 Å². The van der Waals surface area contributed by atoms with E-state index in [1.807, 2.05) is 0 Å². The molecule has 1 aliphatic rings. The first-order valence-electron chi connectivity index (χ1n) is 5.40. The first-order valence-corrected chi connectivity index (χ1v) is 5.40. The number of fused-ring (bicyclic) bond motifs is 1. The van der Waals surface area contributed by atoms with Crippen molar-refractivity contribution in [2.45, 2.75) is 12.5 Å². The second-order valence-electron chi connectivity index (χ2n) is 4.10. The van der Waals surface area contributed by atoms with E-state index in [4.69, 9.17) is 10.2 Å². The highest BCUT2D eigenvalue weighted by atomic mass is 16.4. The number of benzene rings is 1. The lowest BCUT2D eigenvalue weighted by molar-refractivity contribution is -0.119. The molecule has 0 saturated carbocycles. The summed E-state index contributed by atoms with van der Waals surface area (Å²) in [7, 11) is 0. The van der Waals surface area contributed by atoms with E-state index < -0.39 is 0 Å². The summed E-state index contributed by atoms with van der Waals surface area (Å²) in [5.74, 6) is 0.0443. The number of nitrogens with two attached hydrogens (primary N) is 1. The molecule has 1 aliphatic heterocycles. The molecule has 1 aromatic heterocycles. The van der Waals surface area contributed by atoms with Crippen molar-refractivity contribution in [3.05, 3.63) is 18.2 Å². The van der Waals surface area contributed by atoms with Crippen LogP contribution in [-0.4, -0.2) is 23.5 Å². The Morgan fingerprint density at radius 2 is 2.41 bits per heavy atom. The number of nitrogens with one attached hydrogen (secondary N) is 2. The molecule has 2 heterocycles. The van der Waals surface area contributed by atoms with Gasteiger partial charge < -0.3 is 20.8 Å². The van der Waals surface area contributed by atoms with E-state index in [1.54, 1.807) is 18.2 Å². The van der Waals surface area contributed by atoms with Crippen LogP contribution in [0.4, 0.5) is 11.7 Å². The van der Waals surface area contributed by atoms with E-state index in [0.29, 0.717) is 30.3 Å². The van der Waals surface area contributed by atoms with E-state index in [-0.39, 0.29) is 11.9 Å². The molecule has 88 valence electrons. The van der Waals surface area contributed by atoms with Gasteiger partial charge in [0.15, 0.2) is 5.58 Å². The fraction of sp³-hybridized carbons (Fsp3) is 0.273. The Kier molecular flexibility index (Phi) is 2.14. The largest absolute Gasteiger partial charge is 0.423 e. The van der Waals surface area contributed by atoms with Gasteiger partial charge in [-0.3, -0.25) is 4.79 Å². The molecule has 1 unspecified atom stereocenters. The third kappa shape index (κ3) is 1.89. The van der Waals surface area contributed by atoms with Crippen LogP contribution >= 0.6 is 0 Å². The molecule has 0 radical (unpaired) electrons. The molecule has 1 amide bonds. The van der Waals surface area contributed by atoms with Crippen LogP contribution < -0.4 is 16.4 Å². The Labute approximate surface area is 97.2 Å². The summed E-state index contributed by atoms with van der Waals surface area (Å²) in [6.45, 7) is 0.597. The minimum atomic E-state index is 0.0351. The smallest absolute Gasteiger partial charge is 0.295 e. The van der Waals surface area contributed by atoms with Crippen molar-refractivity contribution in [3.8, 4) is 0 Å². The van der Waals surface area contributed by atoms with Crippen LogP contribution in [0.1, 0.15) is 6.42 Å². The Balaban J connectivity index is 1.83. The zero-order chi connectivity index (χ0) is 11.8. The van der Waals surface area contributed by atoms with Crippen molar-refractivity contribution in [2.75, 3.05) is 17.6 Å². The number of rotatable bonds is 2. The quantitative estimate of drug-likeness (QED) is 0.663. The maximum absolute atomic E-state index is 11.0. The molecule has 1 saturated heterocycles. The number of amides is 1. The zero-order valence-electron chi connectivity index (χ0n) is 9.06. The van der Waals surface area contributed by atoms with Gasteiger partial charge in [-0.05, 0) is 12.1 Å². The van der Waals surface area contributed by atoms with Crippen LogP contribution in [0.25, 0.3) is 11.1 Å². The highest BCUT2D eigenvalue weighted by Gasteiger charge is 2.22. The van der Waals surface area contributed by atoms with Crippen molar-refractivity contribution in [3.63, 3.8) is 0 Å². The number of carbonyl (C=O) groups excluding carboxylic acids is 1.